The molecule has 1 fully saturated rings. The predicted molar refractivity (Wildman–Crippen MR) is 92.9 cm³/mol. The molecule has 2 atom stereocenters. The monoisotopic (exact) mass is 328 g/mol. The van der Waals surface area contributed by atoms with Gasteiger partial charge in [0.05, 0.1) is 0 Å². The van der Waals surface area contributed by atoms with Crippen LogP contribution in [-0.4, -0.2) is 42.3 Å². The van der Waals surface area contributed by atoms with E-state index in [4.69, 9.17) is 4.74 Å². The molecule has 0 spiro atoms. The van der Waals surface area contributed by atoms with E-state index in [1.807, 2.05) is 61.1 Å². The minimum absolute atomic E-state index is 0.0720. The molecule has 0 saturated carbocycles. The molecule has 2 unspecified atom stereocenters. The van der Waals surface area contributed by atoms with Gasteiger partial charge < -0.3 is 19.5 Å². The second-order valence-corrected chi connectivity index (χ2v) is 6.33. The number of aromatic nitrogens is 2. The highest BCUT2D eigenvalue weighted by atomic mass is 16.5. The quantitative estimate of drug-likeness (QED) is 0.910. The van der Waals surface area contributed by atoms with Gasteiger partial charge in [0, 0.05) is 45.8 Å². The molecule has 1 N–H and O–H groups in total. The number of hydrogen-bond acceptors (Lipinski definition) is 4. The number of carbonyl (C=O) groups excluding carboxylic acids is 1. The van der Waals surface area contributed by atoms with E-state index in [1.165, 1.54) is 0 Å². The smallest absolute Gasteiger partial charge is 0.249 e. The summed E-state index contributed by atoms with van der Waals surface area (Å²) >= 11 is 0. The van der Waals surface area contributed by atoms with E-state index in [0.717, 1.165) is 29.9 Å². The van der Waals surface area contributed by atoms with Gasteiger partial charge in [-0.3, -0.25) is 4.79 Å². The summed E-state index contributed by atoms with van der Waals surface area (Å²) < 4.78 is 7.43. The predicted octanol–water partition coefficient (Wildman–Crippen LogP) is 1.87. The summed E-state index contributed by atoms with van der Waals surface area (Å²) in [4.78, 5) is 19.0. The third kappa shape index (κ3) is 3.43. The van der Waals surface area contributed by atoms with Crippen molar-refractivity contribution in [3.63, 3.8) is 0 Å². The Labute approximate surface area is 142 Å². The van der Waals surface area contributed by atoms with Gasteiger partial charge in [0.1, 0.15) is 18.0 Å². The van der Waals surface area contributed by atoms with Crippen molar-refractivity contribution < 1.29 is 9.53 Å². The number of anilines is 1. The lowest BCUT2D eigenvalue weighted by Crippen LogP contribution is -2.38. The zero-order valence-corrected chi connectivity index (χ0v) is 14.4. The first-order valence-corrected chi connectivity index (χ1v) is 8.23. The molecule has 6 nitrogen and oxygen atoms in total. The fourth-order valence-corrected chi connectivity index (χ4v) is 2.94. The van der Waals surface area contributed by atoms with Gasteiger partial charge >= 0.3 is 0 Å². The Kier molecular flexibility index (Phi) is 4.85. The Morgan fingerprint density at radius 1 is 1.38 bits per heavy atom. The topological polar surface area (TPSA) is 59.4 Å². The number of aryl methyl sites for hydroxylation is 1. The van der Waals surface area contributed by atoms with Crippen LogP contribution in [0, 0.1) is 0 Å². The zero-order valence-electron chi connectivity index (χ0n) is 14.4. The van der Waals surface area contributed by atoms with E-state index >= 15 is 0 Å². The Bertz CT molecular complexity index is 687. The number of nitrogens with zero attached hydrogens (tertiary/aromatic N) is 3. The molecular formula is C18H24N4O2. The van der Waals surface area contributed by atoms with Gasteiger partial charge in [-0.2, -0.15) is 0 Å². The highest BCUT2D eigenvalue weighted by Gasteiger charge is 2.28. The number of ether oxygens (including phenoxy) is 1. The summed E-state index contributed by atoms with van der Waals surface area (Å²) in [6.45, 7) is 0.655. The lowest BCUT2D eigenvalue weighted by molar-refractivity contribution is -0.130. The number of nitrogens with one attached hydrogen (secondary N) is 1. The largest absolute Gasteiger partial charge is 0.378 e. The van der Waals surface area contributed by atoms with E-state index in [2.05, 4.69) is 10.3 Å². The molecule has 6 heteroatoms. The van der Waals surface area contributed by atoms with Crippen molar-refractivity contribution in [1.29, 1.82) is 0 Å². The minimum Gasteiger partial charge on any atom is -0.378 e. The first kappa shape index (κ1) is 16.5. The third-order valence-electron chi connectivity index (χ3n) is 4.37. The number of amides is 1. The summed E-state index contributed by atoms with van der Waals surface area (Å²) in [6, 6.07) is 7.86. The SMILES string of the molecule is CN(C)c1ccc(C(NC(=O)C2CCCO2)c2nccn2C)cc1. The van der Waals surface area contributed by atoms with Crippen LogP contribution in [0.15, 0.2) is 36.7 Å². The molecule has 1 saturated heterocycles. The van der Waals surface area contributed by atoms with Crippen molar-refractivity contribution in [2.24, 2.45) is 7.05 Å². The highest BCUT2D eigenvalue weighted by Crippen LogP contribution is 2.24. The van der Waals surface area contributed by atoms with Crippen molar-refractivity contribution in [2.45, 2.75) is 25.0 Å². The van der Waals surface area contributed by atoms with Crippen LogP contribution in [-0.2, 0) is 16.6 Å². The number of imidazole rings is 1. The highest BCUT2D eigenvalue weighted by molar-refractivity contribution is 5.81. The molecule has 1 aliphatic heterocycles. The molecule has 1 aromatic heterocycles. The Balaban J connectivity index is 1.87. The van der Waals surface area contributed by atoms with Crippen LogP contribution in [0.3, 0.4) is 0 Å². The van der Waals surface area contributed by atoms with E-state index in [1.54, 1.807) is 6.20 Å². The van der Waals surface area contributed by atoms with Gasteiger partial charge in [0.25, 0.3) is 0 Å². The Morgan fingerprint density at radius 2 is 2.12 bits per heavy atom. The molecule has 3 rings (SSSR count). The van der Waals surface area contributed by atoms with E-state index < -0.39 is 0 Å². The van der Waals surface area contributed by atoms with Crippen molar-refractivity contribution in [2.75, 3.05) is 25.6 Å². The second-order valence-electron chi connectivity index (χ2n) is 6.33. The van der Waals surface area contributed by atoms with Gasteiger partial charge in [0.2, 0.25) is 5.91 Å². The lowest BCUT2D eigenvalue weighted by Gasteiger charge is -2.22. The van der Waals surface area contributed by atoms with Crippen LogP contribution < -0.4 is 10.2 Å². The maximum absolute atomic E-state index is 12.5. The molecule has 1 aliphatic rings. The van der Waals surface area contributed by atoms with Crippen molar-refractivity contribution >= 4 is 11.6 Å². The van der Waals surface area contributed by atoms with Gasteiger partial charge in [-0.05, 0) is 30.5 Å². The molecule has 0 bridgehead atoms. The van der Waals surface area contributed by atoms with Crippen LogP contribution >= 0.6 is 0 Å². The molecule has 24 heavy (non-hydrogen) atoms. The maximum Gasteiger partial charge on any atom is 0.249 e. The molecule has 1 amide bonds. The minimum atomic E-state index is -0.353. The van der Waals surface area contributed by atoms with Crippen LogP contribution in [0.4, 0.5) is 5.69 Å². The maximum atomic E-state index is 12.5. The second kappa shape index (κ2) is 7.05. The average Bonchev–Trinajstić information content (AvgIpc) is 3.24. The molecule has 1 aromatic carbocycles. The lowest BCUT2D eigenvalue weighted by atomic mass is 10.0. The third-order valence-corrected chi connectivity index (χ3v) is 4.37. The first-order chi connectivity index (χ1) is 11.6. The fourth-order valence-electron chi connectivity index (χ4n) is 2.94. The van der Waals surface area contributed by atoms with Crippen molar-refractivity contribution in [3.05, 3.63) is 48.0 Å². The number of carbonyl (C=O) groups is 1. The van der Waals surface area contributed by atoms with Crippen molar-refractivity contribution in [1.82, 2.24) is 14.9 Å². The van der Waals surface area contributed by atoms with E-state index in [-0.39, 0.29) is 18.1 Å². The molecule has 0 aliphatic carbocycles. The summed E-state index contributed by atoms with van der Waals surface area (Å²) in [5.74, 6) is 0.733. The molecule has 128 valence electrons. The first-order valence-electron chi connectivity index (χ1n) is 8.23. The summed E-state index contributed by atoms with van der Waals surface area (Å²) in [6.07, 6.45) is 4.99. The number of rotatable bonds is 5. The van der Waals surface area contributed by atoms with Crippen molar-refractivity contribution in [3.8, 4) is 0 Å². The average molecular weight is 328 g/mol. The van der Waals surface area contributed by atoms with Crippen LogP contribution in [0.1, 0.15) is 30.3 Å². The van der Waals surface area contributed by atoms with Gasteiger partial charge in [-0.15, -0.1) is 0 Å². The number of benzene rings is 1. The Hall–Kier alpha value is -2.34. The fraction of sp³-hybridized carbons (Fsp3) is 0.444. The van der Waals surface area contributed by atoms with Crippen LogP contribution in [0.5, 0.6) is 0 Å². The summed E-state index contributed by atoms with van der Waals surface area (Å²) in [5.41, 5.74) is 2.11. The standard InChI is InChI=1S/C18H24N4O2/c1-21(2)14-8-6-13(7-9-14)16(17-19-10-11-22(17)3)20-18(23)15-5-4-12-24-15/h6-11,15-16H,4-5,12H2,1-3H3,(H,20,23). The van der Waals surface area contributed by atoms with Gasteiger partial charge in [-0.1, -0.05) is 12.1 Å². The van der Waals surface area contributed by atoms with E-state index in [9.17, 15) is 4.79 Å². The molecule has 2 heterocycles. The summed E-state index contributed by atoms with van der Waals surface area (Å²) in [5, 5.41) is 3.11. The van der Waals surface area contributed by atoms with Gasteiger partial charge in [-0.25, -0.2) is 4.98 Å². The molecule has 2 aromatic rings. The van der Waals surface area contributed by atoms with Crippen LogP contribution in [0.2, 0.25) is 0 Å². The van der Waals surface area contributed by atoms with Gasteiger partial charge in [0.15, 0.2) is 0 Å². The van der Waals surface area contributed by atoms with E-state index in [0.29, 0.717) is 6.61 Å². The normalized spacial score (nSPS) is 18.4. The molecule has 0 radical (unpaired) electrons. The van der Waals surface area contributed by atoms with Crippen LogP contribution in [0.25, 0.3) is 0 Å². The summed E-state index contributed by atoms with van der Waals surface area (Å²) in [7, 11) is 5.94. The molecular weight excluding hydrogens is 304 g/mol. The Morgan fingerprint density at radius 3 is 2.67 bits per heavy atom. The number of hydrogen-bond donors (Lipinski definition) is 1. The zero-order chi connectivity index (χ0) is 17.1.